The Labute approximate surface area is 125 Å². The normalized spacial score (nSPS) is 11.3. The van der Waals surface area contributed by atoms with Gasteiger partial charge in [0, 0.05) is 16.3 Å². The molecule has 22 heavy (non-hydrogen) atoms. The number of aromatic amines is 1. The summed E-state index contributed by atoms with van der Waals surface area (Å²) in [5.74, 6) is -0.326. The van der Waals surface area contributed by atoms with Crippen LogP contribution in [-0.2, 0) is 0 Å². The van der Waals surface area contributed by atoms with E-state index in [1.165, 1.54) is 6.07 Å². The van der Waals surface area contributed by atoms with Crippen molar-refractivity contribution < 1.29 is 10.2 Å². The first kappa shape index (κ1) is 12.6. The lowest BCUT2D eigenvalue weighted by atomic mass is 10.0. The highest BCUT2D eigenvalue weighted by Gasteiger charge is 2.17. The van der Waals surface area contributed by atoms with Crippen LogP contribution in [-0.4, -0.2) is 25.4 Å². The summed E-state index contributed by atoms with van der Waals surface area (Å²) >= 11 is 0. The number of nitrogens with zero attached hydrogens (tertiary/aromatic N) is 2. The Morgan fingerprint density at radius 2 is 1.68 bits per heavy atom. The van der Waals surface area contributed by atoms with Gasteiger partial charge in [0.15, 0.2) is 11.5 Å². The van der Waals surface area contributed by atoms with Gasteiger partial charge >= 0.3 is 0 Å². The van der Waals surface area contributed by atoms with Crippen LogP contribution < -0.4 is 0 Å². The van der Waals surface area contributed by atoms with Gasteiger partial charge in [0.25, 0.3) is 0 Å². The lowest BCUT2D eigenvalue weighted by Crippen LogP contribution is -1.90. The molecule has 0 aliphatic rings. The maximum absolute atomic E-state index is 10.2. The fourth-order valence-corrected chi connectivity index (χ4v) is 2.74. The number of fused-ring (bicyclic) bond motifs is 3. The summed E-state index contributed by atoms with van der Waals surface area (Å²) in [6.45, 7) is 1.91. The molecule has 108 valence electrons. The van der Waals surface area contributed by atoms with E-state index in [-0.39, 0.29) is 11.5 Å². The summed E-state index contributed by atoms with van der Waals surface area (Å²) in [5, 5.41) is 29.1. The van der Waals surface area contributed by atoms with E-state index >= 15 is 0 Å². The van der Waals surface area contributed by atoms with E-state index < -0.39 is 0 Å². The second-order valence-electron chi connectivity index (χ2n) is 5.23. The van der Waals surface area contributed by atoms with Crippen molar-refractivity contribution in [1.29, 1.82) is 0 Å². The Hall–Kier alpha value is -3.08. The maximum Gasteiger partial charge on any atom is 0.167 e. The molecule has 2 aromatic heterocycles. The molecule has 2 aromatic carbocycles. The smallest absolute Gasteiger partial charge is 0.167 e. The van der Waals surface area contributed by atoms with E-state index in [1.807, 2.05) is 31.2 Å². The summed E-state index contributed by atoms with van der Waals surface area (Å²) in [6, 6.07) is 12.6. The molecule has 0 fully saturated rings. The van der Waals surface area contributed by atoms with Crippen LogP contribution in [0.2, 0.25) is 0 Å². The summed E-state index contributed by atoms with van der Waals surface area (Å²) < 4.78 is 0. The Kier molecular flexibility index (Phi) is 2.56. The first-order chi connectivity index (χ1) is 10.7. The van der Waals surface area contributed by atoms with Gasteiger partial charge in [0.05, 0.1) is 11.4 Å². The number of phenols is 2. The van der Waals surface area contributed by atoms with Gasteiger partial charge in [-0.15, -0.1) is 0 Å². The van der Waals surface area contributed by atoms with Gasteiger partial charge in [-0.1, -0.05) is 30.3 Å². The Bertz CT molecular complexity index is 1020. The molecule has 3 N–H and O–H groups in total. The van der Waals surface area contributed by atoms with Gasteiger partial charge in [-0.05, 0) is 19.1 Å². The highest BCUT2D eigenvalue weighted by molar-refractivity contribution is 6.10. The van der Waals surface area contributed by atoms with Crippen molar-refractivity contribution in [3.63, 3.8) is 0 Å². The number of nitrogens with one attached hydrogen (secondary N) is 1. The van der Waals surface area contributed by atoms with Crippen molar-refractivity contribution in [1.82, 2.24) is 15.2 Å². The number of aromatic nitrogens is 3. The third kappa shape index (κ3) is 1.65. The van der Waals surface area contributed by atoms with E-state index in [2.05, 4.69) is 15.2 Å². The van der Waals surface area contributed by atoms with Crippen molar-refractivity contribution in [2.24, 2.45) is 0 Å². The molecule has 0 unspecified atom stereocenters. The van der Waals surface area contributed by atoms with Crippen LogP contribution in [0.4, 0.5) is 0 Å². The van der Waals surface area contributed by atoms with Gasteiger partial charge in [0.2, 0.25) is 0 Å². The zero-order chi connectivity index (χ0) is 15.3. The number of pyridine rings is 1. The fourth-order valence-electron chi connectivity index (χ4n) is 2.74. The SMILES string of the molecule is Cc1[nH]nc2c1nc(-c1cccc(O)c1O)c1ccccc12. The third-order valence-corrected chi connectivity index (χ3v) is 3.85. The molecule has 0 bridgehead atoms. The van der Waals surface area contributed by atoms with E-state index in [9.17, 15) is 10.2 Å². The van der Waals surface area contributed by atoms with Crippen LogP contribution in [0, 0.1) is 6.92 Å². The molecule has 0 atom stereocenters. The number of aromatic hydroxyl groups is 2. The van der Waals surface area contributed by atoms with Crippen LogP contribution in [0.25, 0.3) is 33.1 Å². The van der Waals surface area contributed by atoms with E-state index in [4.69, 9.17) is 0 Å². The Balaban J connectivity index is 2.20. The maximum atomic E-state index is 10.2. The van der Waals surface area contributed by atoms with E-state index in [0.29, 0.717) is 11.3 Å². The number of para-hydroxylation sites is 1. The number of benzene rings is 2. The van der Waals surface area contributed by atoms with Gasteiger partial charge in [-0.25, -0.2) is 4.98 Å². The second-order valence-corrected chi connectivity index (χ2v) is 5.23. The number of phenolic OH excluding ortho intramolecular Hbond substituents is 2. The molecule has 2 heterocycles. The minimum absolute atomic E-state index is 0.160. The molecule has 0 aliphatic heterocycles. The molecule has 0 amide bonds. The summed E-state index contributed by atoms with van der Waals surface area (Å²) in [6.07, 6.45) is 0. The van der Waals surface area contributed by atoms with Crippen molar-refractivity contribution in [3.8, 4) is 22.8 Å². The van der Waals surface area contributed by atoms with Gasteiger partial charge in [-0.2, -0.15) is 5.10 Å². The van der Waals surface area contributed by atoms with Crippen LogP contribution in [0.5, 0.6) is 11.5 Å². The predicted octanol–water partition coefficient (Wildman–Crippen LogP) is 3.50. The minimum Gasteiger partial charge on any atom is -0.504 e. The molecule has 0 radical (unpaired) electrons. The Morgan fingerprint density at radius 1 is 0.909 bits per heavy atom. The van der Waals surface area contributed by atoms with Crippen LogP contribution in [0.15, 0.2) is 42.5 Å². The molecule has 0 saturated carbocycles. The lowest BCUT2D eigenvalue weighted by molar-refractivity contribution is 0.405. The van der Waals surface area contributed by atoms with Gasteiger partial charge in [0.1, 0.15) is 11.0 Å². The summed E-state index contributed by atoms with van der Waals surface area (Å²) in [4.78, 5) is 4.67. The fraction of sp³-hybridized carbons (Fsp3) is 0.0588. The topological polar surface area (TPSA) is 82.0 Å². The van der Waals surface area contributed by atoms with E-state index in [0.717, 1.165) is 27.5 Å². The summed E-state index contributed by atoms with van der Waals surface area (Å²) in [5.41, 5.74) is 3.55. The summed E-state index contributed by atoms with van der Waals surface area (Å²) in [7, 11) is 0. The second kappa shape index (κ2) is 4.46. The molecule has 0 aliphatic carbocycles. The Morgan fingerprint density at radius 3 is 2.50 bits per heavy atom. The number of rotatable bonds is 1. The predicted molar refractivity (Wildman–Crippen MR) is 84.9 cm³/mol. The zero-order valence-electron chi connectivity index (χ0n) is 11.8. The average molecular weight is 291 g/mol. The third-order valence-electron chi connectivity index (χ3n) is 3.85. The van der Waals surface area contributed by atoms with Crippen molar-refractivity contribution in [3.05, 3.63) is 48.2 Å². The molecule has 0 saturated heterocycles. The quantitative estimate of drug-likeness (QED) is 0.469. The number of aryl methyl sites for hydroxylation is 1. The molecular weight excluding hydrogens is 278 g/mol. The standard InChI is InChI=1S/C17H13N3O2/c1-9-14-16(20-19-9)11-6-3-2-5-10(11)15(18-14)12-7-4-8-13(21)17(12)22/h2-8,21-22H,1H3,(H,19,20). The van der Waals surface area contributed by atoms with Crippen LogP contribution in [0.3, 0.4) is 0 Å². The molecule has 5 nitrogen and oxygen atoms in total. The molecular formula is C17H13N3O2. The van der Waals surface area contributed by atoms with Gasteiger partial charge < -0.3 is 10.2 Å². The van der Waals surface area contributed by atoms with Crippen molar-refractivity contribution >= 4 is 21.8 Å². The average Bonchev–Trinajstić information content (AvgIpc) is 2.91. The monoisotopic (exact) mass is 291 g/mol. The first-order valence-electron chi connectivity index (χ1n) is 6.91. The highest BCUT2D eigenvalue weighted by Crippen LogP contribution is 2.39. The van der Waals surface area contributed by atoms with Crippen molar-refractivity contribution in [2.45, 2.75) is 6.92 Å². The number of H-pyrrole nitrogens is 1. The highest BCUT2D eigenvalue weighted by atomic mass is 16.3. The number of hydrogen-bond acceptors (Lipinski definition) is 4. The van der Waals surface area contributed by atoms with Gasteiger partial charge in [-0.3, -0.25) is 5.10 Å². The molecule has 5 heteroatoms. The number of hydrogen-bond donors (Lipinski definition) is 3. The minimum atomic E-state index is -0.166. The first-order valence-corrected chi connectivity index (χ1v) is 6.91. The molecule has 4 aromatic rings. The largest absolute Gasteiger partial charge is 0.504 e. The van der Waals surface area contributed by atoms with E-state index in [1.54, 1.807) is 12.1 Å². The molecule has 0 spiro atoms. The van der Waals surface area contributed by atoms with Crippen molar-refractivity contribution in [2.75, 3.05) is 0 Å². The lowest BCUT2D eigenvalue weighted by Gasteiger charge is -2.09. The van der Waals surface area contributed by atoms with Crippen LogP contribution >= 0.6 is 0 Å². The molecule has 4 rings (SSSR count). The zero-order valence-corrected chi connectivity index (χ0v) is 11.8. The van der Waals surface area contributed by atoms with Crippen LogP contribution in [0.1, 0.15) is 5.69 Å².